The van der Waals surface area contributed by atoms with Crippen molar-refractivity contribution in [3.05, 3.63) is 47.8 Å². The zero-order chi connectivity index (χ0) is 12.1. The quantitative estimate of drug-likeness (QED) is 0.842. The first-order valence-corrected chi connectivity index (χ1v) is 5.43. The van der Waals surface area contributed by atoms with E-state index in [1.807, 2.05) is 0 Å². The number of nitrogens with zero attached hydrogens (tertiary/aromatic N) is 3. The predicted molar refractivity (Wildman–Crippen MR) is 63.8 cm³/mol. The highest BCUT2D eigenvalue weighted by Crippen LogP contribution is 2.08. The molecule has 0 aliphatic carbocycles. The molecule has 0 radical (unpaired) electrons. The van der Waals surface area contributed by atoms with Crippen molar-refractivity contribution in [2.45, 2.75) is 5.88 Å². The molecule has 2 aromatic rings. The summed E-state index contributed by atoms with van der Waals surface area (Å²) >= 11 is 5.66. The van der Waals surface area contributed by atoms with Gasteiger partial charge in [-0.15, -0.1) is 16.7 Å². The number of benzene rings is 1. The van der Waals surface area contributed by atoms with Crippen LogP contribution in [0.4, 0.5) is 5.95 Å². The van der Waals surface area contributed by atoms with E-state index in [1.165, 1.54) is 12.4 Å². The summed E-state index contributed by atoms with van der Waals surface area (Å²) in [4.78, 5) is 15.6. The first-order valence-electron chi connectivity index (χ1n) is 4.89. The second-order valence-corrected chi connectivity index (χ2v) is 3.52. The number of amides is 1. The third kappa shape index (κ3) is 2.98. The fourth-order valence-corrected chi connectivity index (χ4v) is 1.40. The summed E-state index contributed by atoms with van der Waals surface area (Å²) in [6.07, 6.45) is 2.89. The topological polar surface area (TPSA) is 67.8 Å². The minimum absolute atomic E-state index is 0.180. The molecule has 0 aliphatic rings. The zero-order valence-corrected chi connectivity index (χ0v) is 9.55. The number of hydrogen-bond donors (Lipinski definition) is 1. The lowest BCUT2D eigenvalue weighted by Gasteiger charge is -2.02. The van der Waals surface area contributed by atoms with Gasteiger partial charge in [-0.1, -0.05) is 12.1 Å². The average molecular weight is 249 g/mol. The van der Waals surface area contributed by atoms with E-state index in [4.69, 9.17) is 11.6 Å². The summed E-state index contributed by atoms with van der Waals surface area (Å²) < 4.78 is 0. The van der Waals surface area contributed by atoms with Crippen molar-refractivity contribution in [2.75, 3.05) is 5.32 Å². The molecule has 0 unspecified atom stereocenters. The molecule has 1 aromatic carbocycles. The molecule has 0 bridgehead atoms. The lowest BCUT2D eigenvalue weighted by atomic mass is 10.1. The van der Waals surface area contributed by atoms with Crippen LogP contribution < -0.4 is 5.32 Å². The summed E-state index contributed by atoms with van der Waals surface area (Å²) in [7, 11) is 0. The zero-order valence-electron chi connectivity index (χ0n) is 8.80. The van der Waals surface area contributed by atoms with Crippen LogP contribution in [0.2, 0.25) is 0 Å². The highest BCUT2D eigenvalue weighted by molar-refractivity contribution is 6.17. The van der Waals surface area contributed by atoms with E-state index in [-0.39, 0.29) is 11.9 Å². The number of nitrogens with one attached hydrogen (secondary N) is 1. The minimum Gasteiger partial charge on any atom is -0.289 e. The van der Waals surface area contributed by atoms with E-state index in [0.29, 0.717) is 11.4 Å². The van der Waals surface area contributed by atoms with Crippen molar-refractivity contribution in [1.82, 2.24) is 15.2 Å². The molecule has 1 heterocycles. The Morgan fingerprint density at radius 3 is 2.59 bits per heavy atom. The SMILES string of the molecule is O=C(Nc1nccnn1)c1ccc(CCl)cc1. The number of carbonyl (C=O) groups is 1. The van der Waals surface area contributed by atoms with Gasteiger partial charge in [0.25, 0.3) is 5.91 Å². The molecule has 6 heteroatoms. The van der Waals surface area contributed by atoms with Gasteiger partial charge in [0.2, 0.25) is 5.95 Å². The maximum absolute atomic E-state index is 11.8. The van der Waals surface area contributed by atoms with Crippen molar-refractivity contribution >= 4 is 23.5 Å². The van der Waals surface area contributed by atoms with Crippen LogP contribution in [0.15, 0.2) is 36.7 Å². The highest BCUT2D eigenvalue weighted by Gasteiger charge is 2.07. The summed E-state index contributed by atoms with van der Waals surface area (Å²) in [5.41, 5.74) is 1.48. The van der Waals surface area contributed by atoms with Gasteiger partial charge >= 0.3 is 0 Å². The van der Waals surface area contributed by atoms with Crippen LogP contribution in [0, 0.1) is 0 Å². The Bertz CT molecular complexity index is 501. The smallest absolute Gasteiger partial charge is 0.258 e. The van der Waals surface area contributed by atoms with E-state index in [0.717, 1.165) is 5.56 Å². The van der Waals surface area contributed by atoms with Gasteiger partial charge in [-0.3, -0.25) is 10.1 Å². The number of carbonyl (C=O) groups excluding carboxylic acids is 1. The Morgan fingerprint density at radius 1 is 1.24 bits per heavy atom. The molecule has 86 valence electrons. The van der Waals surface area contributed by atoms with Crippen LogP contribution in [0.1, 0.15) is 15.9 Å². The normalized spacial score (nSPS) is 9.94. The lowest BCUT2D eigenvalue weighted by molar-refractivity contribution is 0.102. The predicted octanol–water partition coefficient (Wildman–Crippen LogP) is 1.86. The van der Waals surface area contributed by atoms with Crippen LogP contribution in [-0.2, 0) is 5.88 Å². The van der Waals surface area contributed by atoms with Gasteiger partial charge in [0.1, 0.15) is 0 Å². The van der Waals surface area contributed by atoms with Gasteiger partial charge < -0.3 is 0 Å². The minimum atomic E-state index is -0.279. The summed E-state index contributed by atoms with van der Waals surface area (Å²) in [5.74, 6) is 0.325. The largest absolute Gasteiger partial charge is 0.289 e. The van der Waals surface area contributed by atoms with Crippen molar-refractivity contribution in [2.24, 2.45) is 0 Å². The number of hydrogen-bond acceptors (Lipinski definition) is 4. The molecule has 2 rings (SSSR count). The van der Waals surface area contributed by atoms with Crippen LogP contribution >= 0.6 is 11.6 Å². The summed E-state index contributed by atoms with van der Waals surface area (Å²) in [6, 6.07) is 6.99. The average Bonchev–Trinajstić information content (AvgIpc) is 2.40. The number of halogens is 1. The Labute approximate surface area is 103 Å². The number of anilines is 1. The molecule has 1 aromatic heterocycles. The fraction of sp³-hybridized carbons (Fsp3) is 0.0909. The Balaban J connectivity index is 2.09. The number of rotatable bonds is 3. The third-order valence-electron chi connectivity index (χ3n) is 2.08. The van der Waals surface area contributed by atoms with Gasteiger partial charge in [-0.2, -0.15) is 5.10 Å². The van der Waals surface area contributed by atoms with E-state index in [1.54, 1.807) is 24.3 Å². The summed E-state index contributed by atoms with van der Waals surface area (Å²) in [6.45, 7) is 0. The number of aromatic nitrogens is 3. The van der Waals surface area contributed by atoms with E-state index >= 15 is 0 Å². The van der Waals surface area contributed by atoms with Crippen LogP contribution in [0.5, 0.6) is 0 Å². The van der Waals surface area contributed by atoms with E-state index < -0.39 is 0 Å². The Morgan fingerprint density at radius 2 is 2.00 bits per heavy atom. The van der Waals surface area contributed by atoms with Gasteiger partial charge in [-0.25, -0.2) is 4.98 Å². The standard InChI is InChI=1S/C11H9ClN4O/c12-7-8-1-3-9(4-2-8)10(17)15-11-13-5-6-14-16-11/h1-6H,7H2,(H,13,15,16,17). The molecule has 1 amide bonds. The fourth-order valence-electron chi connectivity index (χ4n) is 1.22. The Kier molecular flexibility index (Phi) is 3.62. The second-order valence-electron chi connectivity index (χ2n) is 3.25. The molecule has 0 atom stereocenters. The van der Waals surface area contributed by atoms with Gasteiger partial charge in [0, 0.05) is 11.4 Å². The lowest BCUT2D eigenvalue weighted by Crippen LogP contribution is -2.14. The maximum atomic E-state index is 11.8. The molecule has 0 saturated carbocycles. The molecule has 0 aliphatic heterocycles. The van der Waals surface area contributed by atoms with Crippen LogP contribution in [0.3, 0.4) is 0 Å². The van der Waals surface area contributed by atoms with Crippen molar-refractivity contribution < 1.29 is 4.79 Å². The monoisotopic (exact) mass is 248 g/mol. The molecule has 5 nitrogen and oxygen atoms in total. The molecule has 17 heavy (non-hydrogen) atoms. The molecule has 0 saturated heterocycles. The van der Waals surface area contributed by atoms with Crippen molar-refractivity contribution in [1.29, 1.82) is 0 Å². The van der Waals surface area contributed by atoms with Crippen molar-refractivity contribution in [3.63, 3.8) is 0 Å². The van der Waals surface area contributed by atoms with Gasteiger partial charge in [0.05, 0.1) is 12.4 Å². The maximum Gasteiger partial charge on any atom is 0.258 e. The molecule has 0 fully saturated rings. The third-order valence-corrected chi connectivity index (χ3v) is 2.39. The van der Waals surface area contributed by atoms with E-state index in [9.17, 15) is 4.79 Å². The molecular weight excluding hydrogens is 240 g/mol. The second kappa shape index (κ2) is 5.36. The van der Waals surface area contributed by atoms with Gasteiger partial charge in [-0.05, 0) is 17.7 Å². The van der Waals surface area contributed by atoms with E-state index in [2.05, 4.69) is 20.5 Å². The first kappa shape index (κ1) is 11.5. The summed E-state index contributed by atoms with van der Waals surface area (Å²) in [5, 5.41) is 9.82. The molecule has 1 N–H and O–H groups in total. The number of alkyl halides is 1. The van der Waals surface area contributed by atoms with Gasteiger partial charge in [0.15, 0.2) is 0 Å². The highest BCUT2D eigenvalue weighted by atomic mass is 35.5. The van der Waals surface area contributed by atoms with Crippen LogP contribution in [-0.4, -0.2) is 21.1 Å². The van der Waals surface area contributed by atoms with Crippen LogP contribution in [0.25, 0.3) is 0 Å². The molecular formula is C11H9ClN4O. The molecule has 0 spiro atoms. The Hall–Kier alpha value is -2.01. The first-order chi connectivity index (χ1) is 8.29. The van der Waals surface area contributed by atoms with Crippen molar-refractivity contribution in [3.8, 4) is 0 Å².